The average molecular weight is 415 g/mol. The first-order chi connectivity index (χ1) is 14.2. The van der Waals surface area contributed by atoms with Crippen LogP contribution < -0.4 is 24.8 Å². The lowest BCUT2D eigenvalue weighted by Crippen LogP contribution is -2.37. The van der Waals surface area contributed by atoms with Crippen molar-refractivity contribution in [2.75, 3.05) is 46.8 Å². The van der Waals surface area contributed by atoms with Crippen LogP contribution in [0.5, 0.6) is 17.2 Å². The van der Waals surface area contributed by atoms with Crippen molar-refractivity contribution in [2.45, 2.75) is 26.0 Å². The van der Waals surface area contributed by atoms with E-state index in [0.29, 0.717) is 42.1 Å². The molecule has 10 heteroatoms. The van der Waals surface area contributed by atoms with Crippen molar-refractivity contribution in [3.63, 3.8) is 0 Å². The summed E-state index contributed by atoms with van der Waals surface area (Å²) in [6.45, 7) is 1.01. The Kier molecular flexibility index (Phi) is 8.12. The molecule has 8 nitrogen and oxygen atoms in total. The molecule has 1 fully saturated rings. The van der Waals surface area contributed by atoms with Gasteiger partial charge in [0.05, 0.1) is 13.2 Å². The van der Waals surface area contributed by atoms with Gasteiger partial charge in [0.1, 0.15) is 5.75 Å². The first-order valence-electron chi connectivity index (χ1n) is 9.63. The minimum Gasteiger partial charge on any atom is -0.454 e. The van der Waals surface area contributed by atoms with Gasteiger partial charge in [0.2, 0.25) is 6.79 Å². The summed E-state index contributed by atoms with van der Waals surface area (Å²) in [5, 5.41) is 6.26. The number of nitrogens with zero attached hydrogens (tertiary/aromatic N) is 1. The van der Waals surface area contributed by atoms with Gasteiger partial charge in [0, 0.05) is 50.9 Å². The van der Waals surface area contributed by atoms with E-state index in [1.165, 1.54) is 6.07 Å². The SMILES string of the molecule is CN=C(NCCCOCC1CCOC1)NCc1cc2c(cc1OC(F)F)OCO2. The van der Waals surface area contributed by atoms with Gasteiger partial charge in [-0.1, -0.05) is 0 Å². The maximum atomic E-state index is 12.7. The molecule has 1 atom stereocenters. The Morgan fingerprint density at radius 3 is 2.83 bits per heavy atom. The molecule has 3 rings (SSSR count). The van der Waals surface area contributed by atoms with Gasteiger partial charge in [-0.3, -0.25) is 4.99 Å². The molecule has 1 aromatic carbocycles. The first kappa shape index (κ1) is 21.4. The molecule has 2 aliphatic heterocycles. The van der Waals surface area contributed by atoms with E-state index in [1.54, 1.807) is 13.1 Å². The fourth-order valence-corrected chi connectivity index (χ4v) is 3.05. The third kappa shape index (κ3) is 6.60. The summed E-state index contributed by atoms with van der Waals surface area (Å²) < 4.78 is 51.5. The number of alkyl halides is 2. The van der Waals surface area contributed by atoms with Gasteiger partial charge in [-0.2, -0.15) is 8.78 Å². The molecule has 2 heterocycles. The van der Waals surface area contributed by atoms with Crippen molar-refractivity contribution >= 4 is 5.96 Å². The van der Waals surface area contributed by atoms with Crippen molar-refractivity contribution in [1.82, 2.24) is 10.6 Å². The van der Waals surface area contributed by atoms with E-state index in [4.69, 9.17) is 18.9 Å². The number of halogens is 2. The lowest BCUT2D eigenvalue weighted by Gasteiger charge is -2.15. The lowest BCUT2D eigenvalue weighted by atomic mass is 10.1. The van der Waals surface area contributed by atoms with Crippen LogP contribution in [0.1, 0.15) is 18.4 Å². The molecular formula is C19H27F2N3O5. The van der Waals surface area contributed by atoms with Crippen LogP contribution in [0.4, 0.5) is 8.78 Å². The molecule has 1 aromatic rings. The molecule has 0 bridgehead atoms. The quantitative estimate of drug-likeness (QED) is 0.344. The molecule has 2 N–H and O–H groups in total. The highest BCUT2D eigenvalue weighted by atomic mass is 19.3. The summed E-state index contributed by atoms with van der Waals surface area (Å²) >= 11 is 0. The van der Waals surface area contributed by atoms with Gasteiger partial charge in [-0.05, 0) is 18.9 Å². The number of fused-ring (bicyclic) bond motifs is 1. The van der Waals surface area contributed by atoms with E-state index < -0.39 is 6.61 Å². The van der Waals surface area contributed by atoms with Crippen LogP contribution in [0, 0.1) is 5.92 Å². The number of hydrogen-bond donors (Lipinski definition) is 2. The van der Waals surface area contributed by atoms with Gasteiger partial charge >= 0.3 is 6.61 Å². The maximum absolute atomic E-state index is 12.7. The largest absolute Gasteiger partial charge is 0.454 e. The molecular weight excluding hydrogens is 388 g/mol. The minimum atomic E-state index is -2.93. The smallest absolute Gasteiger partial charge is 0.387 e. The molecule has 0 amide bonds. The summed E-state index contributed by atoms with van der Waals surface area (Å²) in [7, 11) is 1.64. The van der Waals surface area contributed by atoms with Gasteiger partial charge in [-0.15, -0.1) is 0 Å². The fourth-order valence-electron chi connectivity index (χ4n) is 3.05. The Bertz CT molecular complexity index is 684. The number of rotatable bonds is 10. The zero-order valence-corrected chi connectivity index (χ0v) is 16.4. The molecule has 0 aromatic heterocycles. The van der Waals surface area contributed by atoms with Crippen LogP contribution in [0.3, 0.4) is 0 Å². The van der Waals surface area contributed by atoms with Crippen LogP contribution in [-0.2, 0) is 16.0 Å². The summed E-state index contributed by atoms with van der Waals surface area (Å²) in [6, 6.07) is 3.04. The van der Waals surface area contributed by atoms with Gasteiger partial charge in [0.15, 0.2) is 17.5 Å². The zero-order chi connectivity index (χ0) is 20.5. The van der Waals surface area contributed by atoms with Gasteiger partial charge in [-0.25, -0.2) is 0 Å². The van der Waals surface area contributed by atoms with Crippen LogP contribution in [0.15, 0.2) is 17.1 Å². The van der Waals surface area contributed by atoms with E-state index in [1.807, 2.05) is 0 Å². The predicted octanol–water partition coefficient (Wildman–Crippen LogP) is 2.12. The van der Waals surface area contributed by atoms with Crippen molar-refractivity contribution in [3.05, 3.63) is 17.7 Å². The second kappa shape index (κ2) is 11.0. The highest BCUT2D eigenvalue weighted by molar-refractivity contribution is 5.79. The monoisotopic (exact) mass is 415 g/mol. The second-order valence-corrected chi connectivity index (χ2v) is 6.70. The number of benzene rings is 1. The molecule has 2 aliphatic rings. The summed E-state index contributed by atoms with van der Waals surface area (Å²) in [4.78, 5) is 4.14. The van der Waals surface area contributed by atoms with Gasteiger partial charge < -0.3 is 34.3 Å². The predicted molar refractivity (Wildman–Crippen MR) is 102 cm³/mol. The number of ether oxygens (including phenoxy) is 5. The van der Waals surface area contributed by atoms with Gasteiger partial charge in [0.25, 0.3) is 0 Å². The Morgan fingerprint density at radius 2 is 2.10 bits per heavy atom. The fraction of sp³-hybridized carbons (Fsp3) is 0.632. The molecule has 0 spiro atoms. The first-order valence-corrected chi connectivity index (χ1v) is 9.63. The van der Waals surface area contributed by atoms with Crippen LogP contribution >= 0.6 is 0 Å². The Balaban J connectivity index is 1.41. The number of nitrogens with one attached hydrogen (secondary N) is 2. The minimum absolute atomic E-state index is 0.0384. The molecule has 0 saturated carbocycles. The average Bonchev–Trinajstić information content (AvgIpc) is 3.37. The Morgan fingerprint density at radius 1 is 1.28 bits per heavy atom. The van der Waals surface area contributed by atoms with E-state index in [0.717, 1.165) is 32.7 Å². The van der Waals surface area contributed by atoms with E-state index in [9.17, 15) is 8.78 Å². The second-order valence-electron chi connectivity index (χ2n) is 6.70. The van der Waals surface area contributed by atoms with Crippen molar-refractivity contribution < 1.29 is 32.5 Å². The number of aliphatic imine (C=N–C) groups is 1. The van der Waals surface area contributed by atoms with Crippen LogP contribution in [-0.4, -0.2) is 59.4 Å². The Hall–Kier alpha value is -2.33. The molecule has 162 valence electrons. The lowest BCUT2D eigenvalue weighted by molar-refractivity contribution is -0.0505. The molecule has 1 saturated heterocycles. The Labute approximate surface area is 168 Å². The van der Waals surface area contributed by atoms with E-state index >= 15 is 0 Å². The number of hydrogen-bond acceptors (Lipinski definition) is 6. The zero-order valence-electron chi connectivity index (χ0n) is 16.4. The molecule has 29 heavy (non-hydrogen) atoms. The molecule has 0 aliphatic carbocycles. The summed E-state index contributed by atoms with van der Waals surface area (Å²) in [6.07, 6.45) is 1.88. The number of guanidine groups is 1. The van der Waals surface area contributed by atoms with Crippen molar-refractivity contribution in [2.24, 2.45) is 10.9 Å². The highest BCUT2D eigenvalue weighted by Gasteiger charge is 2.20. The van der Waals surface area contributed by atoms with E-state index in [2.05, 4.69) is 20.4 Å². The van der Waals surface area contributed by atoms with Crippen LogP contribution in [0.2, 0.25) is 0 Å². The highest BCUT2D eigenvalue weighted by Crippen LogP contribution is 2.38. The van der Waals surface area contributed by atoms with Crippen molar-refractivity contribution in [1.29, 1.82) is 0 Å². The summed E-state index contributed by atoms with van der Waals surface area (Å²) in [5.41, 5.74) is 0.514. The maximum Gasteiger partial charge on any atom is 0.387 e. The van der Waals surface area contributed by atoms with E-state index in [-0.39, 0.29) is 19.1 Å². The summed E-state index contributed by atoms with van der Waals surface area (Å²) in [5.74, 6) is 1.97. The van der Waals surface area contributed by atoms with Crippen LogP contribution in [0.25, 0.3) is 0 Å². The van der Waals surface area contributed by atoms with Crippen molar-refractivity contribution in [3.8, 4) is 17.2 Å². The third-order valence-corrected chi connectivity index (χ3v) is 4.58. The molecule has 1 unspecified atom stereocenters. The normalized spacial score (nSPS) is 18.3. The third-order valence-electron chi connectivity index (χ3n) is 4.58. The molecule has 0 radical (unpaired) electrons. The standard InChI is InChI=1S/C19H27F2N3O5/c1-22-19(23-4-2-5-25-10-13-3-6-26-11-13)24-9-14-7-16-17(28-12-27-16)8-15(14)29-18(20)21/h7-8,13,18H,2-6,9-12H2,1H3,(H2,22,23,24). The topological polar surface area (TPSA) is 82.6 Å².